The molecule has 0 spiro atoms. The van der Waals surface area contributed by atoms with Gasteiger partial charge in [0.05, 0.1) is 0 Å². The third kappa shape index (κ3) is 6.56. The molecule has 0 heterocycles. The third-order valence-electron chi connectivity index (χ3n) is 4.06. The highest BCUT2D eigenvalue weighted by molar-refractivity contribution is 6.02. The number of allylic oxidation sites excluding steroid dienone is 2. The number of rotatable bonds is 11. The SMILES string of the molecule is CC/C=C/CC1=C(CCCCCCCC(=O)O)CC(O)C1=O. The van der Waals surface area contributed by atoms with Gasteiger partial charge in [-0.1, -0.05) is 43.9 Å². The number of aliphatic hydroxyl groups is 1. The first-order valence-electron chi connectivity index (χ1n) is 8.36. The topological polar surface area (TPSA) is 74.6 Å². The Morgan fingerprint density at radius 2 is 1.86 bits per heavy atom. The molecule has 0 radical (unpaired) electrons. The van der Waals surface area contributed by atoms with Crippen LogP contribution < -0.4 is 0 Å². The molecule has 0 amide bonds. The van der Waals surface area contributed by atoms with Crippen LogP contribution in [0.5, 0.6) is 0 Å². The minimum absolute atomic E-state index is 0.0998. The van der Waals surface area contributed by atoms with E-state index < -0.39 is 12.1 Å². The van der Waals surface area contributed by atoms with Crippen molar-refractivity contribution in [1.82, 2.24) is 0 Å². The summed E-state index contributed by atoms with van der Waals surface area (Å²) in [7, 11) is 0. The monoisotopic (exact) mass is 308 g/mol. The number of carboxylic acid groups (broad SMARTS) is 1. The van der Waals surface area contributed by atoms with Gasteiger partial charge >= 0.3 is 5.97 Å². The number of hydrogen-bond acceptors (Lipinski definition) is 3. The normalized spacial score (nSPS) is 18.6. The minimum atomic E-state index is -0.837. The quantitative estimate of drug-likeness (QED) is 0.450. The number of ketones is 1. The van der Waals surface area contributed by atoms with Crippen LogP contribution in [-0.2, 0) is 9.59 Å². The number of Topliss-reactive ketones (excluding diaryl/α,β-unsaturated/α-hetero) is 1. The predicted molar refractivity (Wildman–Crippen MR) is 86.7 cm³/mol. The third-order valence-corrected chi connectivity index (χ3v) is 4.06. The Morgan fingerprint density at radius 1 is 1.18 bits per heavy atom. The zero-order valence-corrected chi connectivity index (χ0v) is 13.5. The van der Waals surface area contributed by atoms with Crippen LogP contribution in [0.4, 0.5) is 0 Å². The van der Waals surface area contributed by atoms with Gasteiger partial charge < -0.3 is 10.2 Å². The molecule has 0 fully saturated rings. The number of hydrogen-bond donors (Lipinski definition) is 2. The smallest absolute Gasteiger partial charge is 0.303 e. The van der Waals surface area contributed by atoms with Crippen molar-refractivity contribution in [2.75, 3.05) is 0 Å². The van der Waals surface area contributed by atoms with Crippen molar-refractivity contribution >= 4 is 11.8 Å². The van der Waals surface area contributed by atoms with E-state index >= 15 is 0 Å². The zero-order valence-electron chi connectivity index (χ0n) is 13.5. The fraction of sp³-hybridized carbons (Fsp3) is 0.667. The first-order chi connectivity index (χ1) is 10.6. The molecule has 2 N–H and O–H groups in total. The van der Waals surface area contributed by atoms with E-state index in [1.807, 2.05) is 12.2 Å². The summed E-state index contributed by atoms with van der Waals surface area (Å²) in [6, 6.07) is 0. The van der Waals surface area contributed by atoms with E-state index in [0.717, 1.165) is 56.1 Å². The maximum Gasteiger partial charge on any atom is 0.303 e. The number of carbonyl (C=O) groups excluding carboxylic acids is 1. The molecule has 0 aromatic rings. The Kier molecular flexibility index (Phi) is 8.75. The highest BCUT2D eigenvalue weighted by Gasteiger charge is 2.29. The fourth-order valence-corrected chi connectivity index (χ4v) is 2.84. The lowest BCUT2D eigenvalue weighted by atomic mass is 10.0. The number of aliphatic carboxylic acids is 1. The highest BCUT2D eigenvalue weighted by Crippen LogP contribution is 2.30. The average molecular weight is 308 g/mol. The highest BCUT2D eigenvalue weighted by atomic mass is 16.4. The summed E-state index contributed by atoms with van der Waals surface area (Å²) in [6.45, 7) is 2.06. The Balaban J connectivity index is 2.32. The molecule has 1 atom stereocenters. The zero-order chi connectivity index (χ0) is 16.4. The molecule has 1 unspecified atom stereocenters. The summed E-state index contributed by atoms with van der Waals surface area (Å²) >= 11 is 0. The molecule has 0 saturated heterocycles. The molecule has 1 aliphatic carbocycles. The largest absolute Gasteiger partial charge is 0.481 e. The lowest BCUT2D eigenvalue weighted by Crippen LogP contribution is -2.14. The van der Waals surface area contributed by atoms with Crippen LogP contribution in [0.3, 0.4) is 0 Å². The number of carbonyl (C=O) groups is 2. The molecule has 4 nitrogen and oxygen atoms in total. The molecular weight excluding hydrogens is 280 g/mol. The molecule has 124 valence electrons. The molecule has 0 bridgehead atoms. The first-order valence-corrected chi connectivity index (χ1v) is 8.36. The van der Waals surface area contributed by atoms with Crippen LogP contribution in [0.15, 0.2) is 23.3 Å². The Labute approximate surface area is 132 Å². The van der Waals surface area contributed by atoms with Crippen LogP contribution in [0, 0.1) is 0 Å². The lowest BCUT2D eigenvalue weighted by molar-refractivity contribution is -0.137. The molecule has 22 heavy (non-hydrogen) atoms. The molecule has 0 aromatic heterocycles. The number of unbranched alkanes of at least 4 members (excludes halogenated alkanes) is 4. The first kappa shape index (κ1) is 18.6. The Bertz CT molecular complexity index is 434. The van der Waals surface area contributed by atoms with Gasteiger partial charge in [-0.15, -0.1) is 0 Å². The van der Waals surface area contributed by atoms with Crippen LogP contribution in [-0.4, -0.2) is 28.1 Å². The van der Waals surface area contributed by atoms with Crippen LogP contribution >= 0.6 is 0 Å². The summed E-state index contributed by atoms with van der Waals surface area (Å²) in [5, 5.41) is 18.3. The van der Waals surface area contributed by atoms with Crippen molar-refractivity contribution in [3.05, 3.63) is 23.3 Å². The van der Waals surface area contributed by atoms with Gasteiger partial charge in [0.1, 0.15) is 6.10 Å². The molecular formula is C18H28O4. The average Bonchev–Trinajstić information content (AvgIpc) is 2.74. The van der Waals surface area contributed by atoms with Crippen LogP contribution in [0.1, 0.15) is 71.1 Å². The Morgan fingerprint density at radius 3 is 2.55 bits per heavy atom. The van der Waals surface area contributed by atoms with Gasteiger partial charge in [0.2, 0.25) is 0 Å². The maximum atomic E-state index is 12.0. The fourth-order valence-electron chi connectivity index (χ4n) is 2.84. The molecule has 4 heteroatoms. The second-order valence-corrected chi connectivity index (χ2v) is 5.91. The number of aliphatic hydroxyl groups excluding tert-OH is 1. The summed E-state index contributed by atoms with van der Waals surface area (Å²) in [5.41, 5.74) is 1.92. The predicted octanol–water partition coefficient (Wildman–Crippen LogP) is 3.79. The van der Waals surface area contributed by atoms with E-state index in [2.05, 4.69) is 6.92 Å². The lowest BCUT2D eigenvalue weighted by Gasteiger charge is -2.05. The van der Waals surface area contributed by atoms with Gasteiger partial charge in [-0.25, -0.2) is 0 Å². The minimum Gasteiger partial charge on any atom is -0.481 e. The molecule has 1 aliphatic rings. The van der Waals surface area contributed by atoms with Gasteiger partial charge in [-0.2, -0.15) is 0 Å². The van der Waals surface area contributed by atoms with Crippen LogP contribution in [0.2, 0.25) is 0 Å². The summed E-state index contributed by atoms with van der Waals surface area (Å²) < 4.78 is 0. The second-order valence-electron chi connectivity index (χ2n) is 5.91. The van der Waals surface area contributed by atoms with Gasteiger partial charge in [0.25, 0.3) is 0 Å². The van der Waals surface area contributed by atoms with E-state index in [9.17, 15) is 14.7 Å². The van der Waals surface area contributed by atoms with Crippen molar-refractivity contribution < 1.29 is 19.8 Å². The Hall–Kier alpha value is -1.42. The van der Waals surface area contributed by atoms with E-state index in [1.165, 1.54) is 0 Å². The molecule has 1 rings (SSSR count). The standard InChI is InChI=1S/C18H28O4/c1-2-3-7-11-15-14(13-16(19)18(15)22)10-8-5-4-6-9-12-17(20)21/h3,7,16,19H,2,4-6,8-13H2,1H3,(H,20,21)/b7-3+. The van der Waals surface area contributed by atoms with Crippen LogP contribution in [0.25, 0.3) is 0 Å². The van der Waals surface area contributed by atoms with E-state index in [1.54, 1.807) is 0 Å². The van der Waals surface area contributed by atoms with Gasteiger partial charge in [0.15, 0.2) is 5.78 Å². The summed E-state index contributed by atoms with van der Waals surface area (Å²) in [4.78, 5) is 22.4. The van der Waals surface area contributed by atoms with Gasteiger partial charge in [0, 0.05) is 18.4 Å². The maximum absolute atomic E-state index is 12.0. The van der Waals surface area contributed by atoms with E-state index in [0.29, 0.717) is 12.8 Å². The van der Waals surface area contributed by atoms with Gasteiger partial charge in [-0.3, -0.25) is 9.59 Å². The molecule has 0 aromatic carbocycles. The summed E-state index contributed by atoms with van der Waals surface area (Å²) in [6.07, 6.45) is 11.2. The van der Waals surface area contributed by atoms with Crippen molar-refractivity contribution in [3.63, 3.8) is 0 Å². The van der Waals surface area contributed by atoms with Gasteiger partial charge in [-0.05, 0) is 32.1 Å². The van der Waals surface area contributed by atoms with E-state index in [-0.39, 0.29) is 12.2 Å². The second kappa shape index (κ2) is 10.3. The summed E-state index contributed by atoms with van der Waals surface area (Å²) in [5.74, 6) is -0.828. The van der Waals surface area contributed by atoms with Crippen molar-refractivity contribution in [1.29, 1.82) is 0 Å². The molecule has 0 saturated carbocycles. The van der Waals surface area contributed by atoms with Crippen molar-refractivity contribution in [2.24, 2.45) is 0 Å². The number of carboxylic acids is 1. The van der Waals surface area contributed by atoms with E-state index in [4.69, 9.17) is 5.11 Å². The van der Waals surface area contributed by atoms with Crippen molar-refractivity contribution in [2.45, 2.75) is 77.2 Å². The molecule has 0 aliphatic heterocycles. The van der Waals surface area contributed by atoms with Crippen molar-refractivity contribution in [3.8, 4) is 0 Å².